The molecule has 0 aliphatic heterocycles. The van der Waals surface area contributed by atoms with E-state index in [4.69, 9.17) is 0 Å². The fraction of sp³-hybridized carbons (Fsp3) is 0.158. The average molecular weight is 305 g/mol. The Bertz CT molecular complexity index is 776. The van der Waals surface area contributed by atoms with Crippen molar-refractivity contribution in [1.82, 2.24) is 9.78 Å². The largest absolute Gasteiger partial charge is 0.319 e. The lowest BCUT2D eigenvalue weighted by Gasteiger charge is -2.03. The van der Waals surface area contributed by atoms with E-state index in [1.165, 1.54) is 5.56 Å². The fourth-order valence-electron chi connectivity index (χ4n) is 2.35. The molecular weight excluding hydrogens is 286 g/mol. The molecule has 0 atom stereocenters. The van der Waals surface area contributed by atoms with Crippen LogP contribution in [0.4, 0.5) is 5.69 Å². The molecule has 0 radical (unpaired) electrons. The van der Waals surface area contributed by atoms with E-state index in [2.05, 4.69) is 22.5 Å². The molecular formula is C19H19N3O. The van der Waals surface area contributed by atoms with Crippen molar-refractivity contribution in [3.8, 4) is 0 Å². The van der Waals surface area contributed by atoms with E-state index in [1.807, 2.05) is 60.3 Å². The van der Waals surface area contributed by atoms with Crippen molar-refractivity contribution >= 4 is 11.6 Å². The minimum absolute atomic E-state index is 0.118. The zero-order chi connectivity index (χ0) is 16.1. The molecule has 1 amide bonds. The van der Waals surface area contributed by atoms with Gasteiger partial charge in [-0.25, -0.2) is 0 Å². The Hall–Kier alpha value is -2.88. The maximum atomic E-state index is 12.2. The molecule has 23 heavy (non-hydrogen) atoms. The molecule has 116 valence electrons. The van der Waals surface area contributed by atoms with Crippen LogP contribution in [0.1, 0.15) is 21.5 Å². The van der Waals surface area contributed by atoms with Crippen LogP contribution in [0.15, 0.2) is 67.0 Å². The summed E-state index contributed by atoms with van der Waals surface area (Å²) >= 11 is 0. The predicted molar refractivity (Wildman–Crippen MR) is 91.5 cm³/mol. The highest BCUT2D eigenvalue weighted by atomic mass is 16.1. The Balaban J connectivity index is 1.58. The Morgan fingerprint density at radius 2 is 1.83 bits per heavy atom. The van der Waals surface area contributed by atoms with Crippen LogP contribution in [0, 0.1) is 6.92 Å². The Kier molecular flexibility index (Phi) is 4.52. The first-order valence-electron chi connectivity index (χ1n) is 7.65. The van der Waals surface area contributed by atoms with Gasteiger partial charge in [0.05, 0.1) is 11.9 Å². The first-order valence-corrected chi connectivity index (χ1v) is 7.65. The van der Waals surface area contributed by atoms with Crippen LogP contribution in [-0.2, 0) is 13.0 Å². The number of nitrogens with zero attached hydrogens (tertiary/aromatic N) is 2. The number of hydrogen-bond acceptors (Lipinski definition) is 2. The first kappa shape index (κ1) is 15.0. The summed E-state index contributed by atoms with van der Waals surface area (Å²) in [7, 11) is 0. The molecule has 4 heteroatoms. The Morgan fingerprint density at radius 3 is 2.57 bits per heavy atom. The van der Waals surface area contributed by atoms with Gasteiger partial charge in [0.2, 0.25) is 0 Å². The maximum absolute atomic E-state index is 12.2. The molecule has 1 heterocycles. The molecule has 2 aromatic carbocycles. The van der Waals surface area contributed by atoms with E-state index in [1.54, 1.807) is 6.20 Å². The Morgan fingerprint density at radius 1 is 1.09 bits per heavy atom. The molecule has 0 saturated carbocycles. The minimum atomic E-state index is -0.118. The van der Waals surface area contributed by atoms with E-state index < -0.39 is 0 Å². The lowest BCUT2D eigenvalue weighted by molar-refractivity contribution is 0.102. The second-order valence-electron chi connectivity index (χ2n) is 5.55. The third kappa shape index (κ3) is 4.07. The summed E-state index contributed by atoms with van der Waals surface area (Å²) in [4.78, 5) is 12.2. The van der Waals surface area contributed by atoms with Crippen LogP contribution < -0.4 is 5.32 Å². The zero-order valence-corrected chi connectivity index (χ0v) is 13.1. The standard InChI is InChI=1S/C19H19N3O/c1-15-7-9-17(10-8-15)19(23)21-18-13-20-22(14-18)12-11-16-5-3-2-4-6-16/h2-10,13-14H,11-12H2,1H3,(H,21,23). The number of amides is 1. The summed E-state index contributed by atoms with van der Waals surface area (Å²) < 4.78 is 1.84. The second kappa shape index (κ2) is 6.92. The molecule has 3 aromatic rings. The summed E-state index contributed by atoms with van der Waals surface area (Å²) in [5.74, 6) is -0.118. The lowest BCUT2D eigenvalue weighted by atomic mass is 10.1. The molecule has 0 unspecified atom stereocenters. The van der Waals surface area contributed by atoms with Crippen LogP contribution in [0.25, 0.3) is 0 Å². The van der Waals surface area contributed by atoms with Gasteiger partial charge in [-0.05, 0) is 31.0 Å². The van der Waals surface area contributed by atoms with E-state index in [0.29, 0.717) is 11.3 Å². The van der Waals surface area contributed by atoms with Crippen LogP contribution >= 0.6 is 0 Å². The van der Waals surface area contributed by atoms with Crippen molar-refractivity contribution < 1.29 is 4.79 Å². The van der Waals surface area contributed by atoms with E-state index in [-0.39, 0.29) is 5.91 Å². The van der Waals surface area contributed by atoms with Gasteiger partial charge in [0.1, 0.15) is 0 Å². The minimum Gasteiger partial charge on any atom is -0.319 e. The molecule has 0 aliphatic rings. The van der Waals surface area contributed by atoms with E-state index >= 15 is 0 Å². The van der Waals surface area contributed by atoms with Crippen LogP contribution in [0.5, 0.6) is 0 Å². The molecule has 0 spiro atoms. The molecule has 4 nitrogen and oxygen atoms in total. The normalized spacial score (nSPS) is 10.5. The topological polar surface area (TPSA) is 46.9 Å². The number of rotatable bonds is 5. The number of hydrogen-bond donors (Lipinski definition) is 1. The molecule has 3 rings (SSSR count). The molecule has 1 N–H and O–H groups in total. The van der Waals surface area contributed by atoms with Crippen molar-refractivity contribution in [2.24, 2.45) is 0 Å². The highest BCUT2D eigenvalue weighted by Crippen LogP contribution is 2.10. The molecule has 0 fully saturated rings. The van der Waals surface area contributed by atoms with Gasteiger partial charge in [-0.3, -0.25) is 9.48 Å². The highest BCUT2D eigenvalue weighted by Gasteiger charge is 2.07. The van der Waals surface area contributed by atoms with Gasteiger partial charge in [-0.2, -0.15) is 5.10 Å². The van der Waals surface area contributed by atoms with Gasteiger partial charge in [0.25, 0.3) is 5.91 Å². The van der Waals surface area contributed by atoms with Crippen molar-refractivity contribution in [2.75, 3.05) is 5.32 Å². The third-order valence-corrected chi connectivity index (χ3v) is 3.68. The number of carbonyl (C=O) groups is 1. The second-order valence-corrected chi connectivity index (χ2v) is 5.55. The highest BCUT2D eigenvalue weighted by molar-refractivity contribution is 6.04. The molecule has 0 bridgehead atoms. The number of anilines is 1. The summed E-state index contributed by atoms with van der Waals surface area (Å²) in [6.45, 7) is 2.78. The van der Waals surface area contributed by atoms with Gasteiger partial charge >= 0.3 is 0 Å². The molecule has 0 aliphatic carbocycles. The quantitative estimate of drug-likeness (QED) is 0.781. The lowest BCUT2D eigenvalue weighted by Crippen LogP contribution is -2.11. The van der Waals surface area contributed by atoms with Crippen molar-refractivity contribution in [2.45, 2.75) is 19.9 Å². The predicted octanol–water partition coefficient (Wildman–Crippen LogP) is 3.69. The van der Waals surface area contributed by atoms with Gasteiger partial charge in [0, 0.05) is 18.3 Å². The van der Waals surface area contributed by atoms with Crippen LogP contribution in [-0.4, -0.2) is 15.7 Å². The third-order valence-electron chi connectivity index (χ3n) is 3.68. The number of nitrogens with one attached hydrogen (secondary N) is 1. The number of aromatic nitrogens is 2. The summed E-state index contributed by atoms with van der Waals surface area (Å²) in [5.41, 5.74) is 3.76. The van der Waals surface area contributed by atoms with Crippen LogP contribution in [0.3, 0.4) is 0 Å². The SMILES string of the molecule is Cc1ccc(C(=O)Nc2cnn(CCc3ccccc3)c2)cc1. The summed E-state index contributed by atoms with van der Waals surface area (Å²) in [6.07, 6.45) is 4.44. The maximum Gasteiger partial charge on any atom is 0.255 e. The van der Waals surface area contributed by atoms with Gasteiger partial charge in [-0.1, -0.05) is 48.0 Å². The molecule has 0 saturated heterocycles. The monoisotopic (exact) mass is 305 g/mol. The van der Waals surface area contributed by atoms with Gasteiger partial charge in [0.15, 0.2) is 0 Å². The van der Waals surface area contributed by atoms with Crippen molar-refractivity contribution in [3.05, 3.63) is 83.7 Å². The van der Waals surface area contributed by atoms with E-state index in [9.17, 15) is 4.79 Å². The average Bonchev–Trinajstić information content (AvgIpc) is 3.02. The van der Waals surface area contributed by atoms with Crippen LogP contribution in [0.2, 0.25) is 0 Å². The van der Waals surface area contributed by atoms with Crippen molar-refractivity contribution in [3.63, 3.8) is 0 Å². The van der Waals surface area contributed by atoms with Gasteiger partial charge < -0.3 is 5.32 Å². The summed E-state index contributed by atoms with van der Waals surface area (Å²) in [5, 5.41) is 7.17. The first-order chi connectivity index (χ1) is 11.2. The fourth-order valence-corrected chi connectivity index (χ4v) is 2.35. The number of benzene rings is 2. The number of aryl methyl sites for hydroxylation is 3. The zero-order valence-electron chi connectivity index (χ0n) is 13.1. The van der Waals surface area contributed by atoms with Crippen molar-refractivity contribution in [1.29, 1.82) is 0 Å². The van der Waals surface area contributed by atoms with Gasteiger partial charge in [-0.15, -0.1) is 0 Å². The smallest absolute Gasteiger partial charge is 0.255 e. The summed E-state index contributed by atoms with van der Waals surface area (Å²) in [6, 6.07) is 17.8. The molecule has 1 aromatic heterocycles. The Labute approximate surface area is 135 Å². The number of carbonyl (C=O) groups excluding carboxylic acids is 1. The van der Waals surface area contributed by atoms with E-state index in [0.717, 1.165) is 18.5 Å².